The second kappa shape index (κ2) is 7.01. The largest absolute Gasteiger partial charge is 0.476 e. The summed E-state index contributed by atoms with van der Waals surface area (Å²) in [7, 11) is 0. The predicted octanol–water partition coefficient (Wildman–Crippen LogP) is 3.07. The van der Waals surface area contributed by atoms with E-state index in [0.717, 1.165) is 19.3 Å². The van der Waals surface area contributed by atoms with E-state index in [9.17, 15) is 9.90 Å². The van der Waals surface area contributed by atoms with E-state index in [1.54, 1.807) is 24.3 Å². The molecule has 0 spiro atoms. The van der Waals surface area contributed by atoms with E-state index >= 15 is 0 Å². The van der Waals surface area contributed by atoms with Crippen LogP contribution in [-0.4, -0.2) is 23.5 Å². The number of ether oxygens (including phenoxy) is 2. The second-order valence-electron chi connectivity index (χ2n) is 4.22. The Bertz CT molecular complexity index is 363. The van der Waals surface area contributed by atoms with Crippen molar-refractivity contribution in [1.29, 1.82) is 0 Å². The molecule has 0 aliphatic carbocycles. The third kappa shape index (κ3) is 4.37. The van der Waals surface area contributed by atoms with Gasteiger partial charge in [0.25, 0.3) is 0 Å². The highest BCUT2D eigenvalue weighted by molar-refractivity contribution is 5.75. The van der Waals surface area contributed by atoms with Crippen molar-refractivity contribution in [2.45, 2.75) is 38.9 Å². The number of carboxylic acids is 1. The van der Waals surface area contributed by atoms with E-state index in [0.29, 0.717) is 12.4 Å². The SMILES string of the molecule is CCCCCOC(C)(Oc1ccccc1)C(=O)O. The normalized spacial score (nSPS) is 13.9. The Balaban J connectivity index is 2.60. The lowest BCUT2D eigenvalue weighted by molar-refractivity contribution is -0.205. The zero-order chi connectivity index (χ0) is 13.4. The lowest BCUT2D eigenvalue weighted by atomic mass is 10.2. The molecule has 0 saturated heterocycles. The van der Waals surface area contributed by atoms with Gasteiger partial charge in [-0.2, -0.15) is 0 Å². The van der Waals surface area contributed by atoms with Gasteiger partial charge >= 0.3 is 11.8 Å². The topological polar surface area (TPSA) is 55.8 Å². The van der Waals surface area contributed by atoms with Crippen LogP contribution in [-0.2, 0) is 9.53 Å². The minimum absolute atomic E-state index is 0.378. The molecule has 1 atom stereocenters. The van der Waals surface area contributed by atoms with Crippen LogP contribution < -0.4 is 4.74 Å². The smallest absolute Gasteiger partial charge is 0.376 e. The van der Waals surface area contributed by atoms with Crippen LogP contribution in [0.4, 0.5) is 0 Å². The molecule has 0 aliphatic heterocycles. The molecule has 4 heteroatoms. The minimum Gasteiger partial charge on any atom is -0.476 e. The monoisotopic (exact) mass is 252 g/mol. The molecule has 0 heterocycles. The van der Waals surface area contributed by atoms with Crippen LogP contribution in [0.25, 0.3) is 0 Å². The van der Waals surface area contributed by atoms with E-state index < -0.39 is 11.8 Å². The quantitative estimate of drug-likeness (QED) is 0.570. The summed E-state index contributed by atoms with van der Waals surface area (Å²) in [5.41, 5.74) is 0. The van der Waals surface area contributed by atoms with Crippen molar-refractivity contribution >= 4 is 5.97 Å². The summed E-state index contributed by atoms with van der Waals surface area (Å²) in [4.78, 5) is 11.2. The molecule has 100 valence electrons. The van der Waals surface area contributed by atoms with Gasteiger partial charge in [-0.3, -0.25) is 0 Å². The average molecular weight is 252 g/mol. The van der Waals surface area contributed by atoms with Crippen LogP contribution in [0.1, 0.15) is 33.1 Å². The summed E-state index contributed by atoms with van der Waals surface area (Å²) in [5.74, 6) is -2.27. The predicted molar refractivity (Wildman–Crippen MR) is 68.6 cm³/mol. The minimum atomic E-state index is -1.63. The number of aliphatic carboxylic acids is 1. The fourth-order valence-electron chi connectivity index (χ4n) is 1.47. The van der Waals surface area contributed by atoms with Crippen molar-refractivity contribution in [2.24, 2.45) is 0 Å². The first kappa shape index (κ1) is 14.5. The summed E-state index contributed by atoms with van der Waals surface area (Å²) < 4.78 is 10.8. The summed E-state index contributed by atoms with van der Waals surface area (Å²) >= 11 is 0. The van der Waals surface area contributed by atoms with Gasteiger partial charge in [0.15, 0.2) is 0 Å². The lowest BCUT2D eigenvalue weighted by Crippen LogP contribution is -2.44. The van der Waals surface area contributed by atoms with E-state index in [2.05, 4.69) is 6.92 Å². The van der Waals surface area contributed by atoms with Crippen molar-refractivity contribution in [3.8, 4) is 5.75 Å². The molecule has 0 fully saturated rings. The Morgan fingerprint density at radius 2 is 1.94 bits per heavy atom. The maximum atomic E-state index is 11.2. The third-order valence-corrected chi connectivity index (χ3v) is 2.57. The first-order valence-corrected chi connectivity index (χ1v) is 6.20. The highest BCUT2D eigenvalue weighted by Gasteiger charge is 2.36. The molecule has 1 unspecified atom stereocenters. The van der Waals surface area contributed by atoms with Gasteiger partial charge in [0.1, 0.15) is 5.75 Å². The van der Waals surface area contributed by atoms with E-state index in [4.69, 9.17) is 9.47 Å². The number of carboxylic acid groups (broad SMARTS) is 1. The van der Waals surface area contributed by atoms with Crippen LogP contribution >= 0.6 is 0 Å². The van der Waals surface area contributed by atoms with Crippen LogP contribution in [0.5, 0.6) is 5.75 Å². The molecular weight excluding hydrogens is 232 g/mol. The maximum absolute atomic E-state index is 11.2. The highest BCUT2D eigenvalue weighted by atomic mass is 16.7. The molecule has 1 aromatic carbocycles. The average Bonchev–Trinajstić information content (AvgIpc) is 2.36. The van der Waals surface area contributed by atoms with E-state index in [1.165, 1.54) is 6.92 Å². The van der Waals surface area contributed by atoms with Gasteiger partial charge in [-0.1, -0.05) is 38.0 Å². The second-order valence-corrected chi connectivity index (χ2v) is 4.22. The third-order valence-electron chi connectivity index (χ3n) is 2.57. The molecule has 0 radical (unpaired) electrons. The van der Waals surface area contributed by atoms with Gasteiger partial charge in [0.05, 0.1) is 6.61 Å². The Kier molecular flexibility index (Phi) is 5.65. The van der Waals surface area contributed by atoms with Gasteiger partial charge in [0.2, 0.25) is 0 Å². The number of benzene rings is 1. The van der Waals surface area contributed by atoms with Crippen molar-refractivity contribution in [3.63, 3.8) is 0 Å². The van der Waals surface area contributed by atoms with Gasteiger partial charge < -0.3 is 14.6 Å². The molecule has 0 saturated carbocycles. The van der Waals surface area contributed by atoms with E-state index in [1.807, 2.05) is 6.07 Å². The van der Waals surface area contributed by atoms with Crippen LogP contribution in [0.3, 0.4) is 0 Å². The highest BCUT2D eigenvalue weighted by Crippen LogP contribution is 2.20. The zero-order valence-corrected chi connectivity index (χ0v) is 10.9. The lowest BCUT2D eigenvalue weighted by Gasteiger charge is -2.26. The summed E-state index contributed by atoms with van der Waals surface area (Å²) in [6.07, 6.45) is 2.91. The zero-order valence-electron chi connectivity index (χ0n) is 10.9. The molecule has 18 heavy (non-hydrogen) atoms. The molecule has 0 aromatic heterocycles. The Hall–Kier alpha value is -1.55. The summed E-state index contributed by atoms with van der Waals surface area (Å²) in [5, 5.41) is 9.20. The number of unbranched alkanes of at least 4 members (excludes halogenated alkanes) is 2. The Morgan fingerprint density at radius 1 is 1.28 bits per heavy atom. The van der Waals surface area contributed by atoms with Crippen molar-refractivity contribution in [1.82, 2.24) is 0 Å². The summed E-state index contributed by atoms with van der Waals surface area (Å²) in [6, 6.07) is 8.82. The molecule has 1 N–H and O–H groups in total. The van der Waals surface area contributed by atoms with Gasteiger partial charge in [0, 0.05) is 6.92 Å². The number of hydrogen-bond donors (Lipinski definition) is 1. The van der Waals surface area contributed by atoms with Crippen LogP contribution in [0, 0.1) is 0 Å². The van der Waals surface area contributed by atoms with Crippen molar-refractivity contribution < 1.29 is 19.4 Å². The Labute approximate surface area is 108 Å². The van der Waals surface area contributed by atoms with E-state index in [-0.39, 0.29) is 0 Å². The summed E-state index contributed by atoms with van der Waals surface area (Å²) in [6.45, 7) is 3.88. The molecule has 4 nitrogen and oxygen atoms in total. The molecule has 1 rings (SSSR count). The molecule has 1 aromatic rings. The number of para-hydroxylation sites is 1. The Morgan fingerprint density at radius 3 is 2.50 bits per heavy atom. The number of carbonyl (C=O) groups is 1. The standard InChI is InChI=1S/C14H20O4/c1-3-4-8-11-17-14(2,13(15)16)18-12-9-6-5-7-10-12/h5-7,9-10H,3-4,8,11H2,1-2H3,(H,15,16). The molecule has 0 aliphatic rings. The maximum Gasteiger partial charge on any atom is 0.376 e. The van der Waals surface area contributed by atoms with Crippen molar-refractivity contribution in [2.75, 3.05) is 6.61 Å². The first-order valence-electron chi connectivity index (χ1n) is 6.20. The van der Waals surface area contributed by atoms with Crippen molar-refractivity contribution in [3.05, 3.63) is 30.3 Å². The molecule has 0 bridgehead atoms. The van der Waals surface area contributed by atoms with Crippen LogP contribution in [0.15, 0.2) is 30.3 Å². The number of rotatable bonds is 8. The molecular formula is C14H20O4. The van der Waals surface area contributed by atoms with Gasteiger partial charge in [-0.05, 0) is 18.6 Å². The molecule has 0 amide bonds. The van der Waals surface area contributed by atoms with Crippen LogP contribution in [0.2, 0.25) is 0 Å². The fraction of sp³-hybridized carbons (Fsp3) is 0.500. The fourth-order valence-corrected chi connectivity index (χ4v) is 1.47. The van der Waals surface area contributed by atoms with Gasteiger partial charge in [-0.15, -0.1) is 0 Å². The van der Waals surface area contributed by atoms with Gasteiger partial charge in [-0.25, -0.2) is 4.79 Å². The first-order chi connectivity index (χ1) is 8.58. The number of hydrogen-bond acceptors (Lipinski definition) is 3.